The monoisotopic (exact) mass is 318 g/mol. The van der Waals surface area contributed by atoms with Crippen LogP contribution in [0.5, 0.6) is 0 Å². The van der Waals surface area contributed by atoms with Gasteiger partial charge in [0, 0.05) is 43.2 Å². The number of hydrogen-bond donors (Lipinski definition) is 1. The fourth-order valence-electron chi connectivity index (χ4n) is 3.62. The van der Waals surface area contributed by atoms with Crippen LogP contribution < -0.4 is 4.90 Å². The topological polar surface area (TPSA) is 78.8 Å². The lowest BCUT2D eigenvalue weighted by Gasteiger charge is -2.31. The average molecular weight is 318 g/mol. The van der Waals surface area contributed by atoms with Crippen LogP contribution in [0.3, 0.4) is 0 Å². The fourth-order valence-corrected chi connectivity index (χ4v) is 3.62. The molecule has 0 unspecified atom stereocenters. The van der Waals surface area contributed by atoms with Gasteiger partial charge in [-0.3, -0.25) is 9.69 Å². The number of carboxylic acid groups (broad SMARTS) is 1. The van der Waals surface area contributed by atoms with E-state index < -0.39 is 5.97 Å². The van der Waals surface area contributed by atoms with Crippen molar-refractivity contribution in [2.24, 2.45) is 5.92 Å². The van der Waals surface area contributed by atoms with Crippen molar-refractivity contribution >= 4 is 11.8 Å². The summed E-state index contributed by atoms with van der Waals surface area (Å²) in [6, 6.07) is 2.21. The van der Waals surface area contributed by atoms with Gasteiger partial charge in [-0.2, -0.15) is 0 Å². The minimum absolute atomic E-state index is 0.0788. The lowest BCUT2D eigenvalue weighted by atomic mass is 10.1. The number of carbonyl (C=O) groups is 1. The van der Waals surface area contributed by atoms with E-state index in [9.17, 15) is 4.79 Å². The minimum atomic E-state index is -0.776. The molecule has 1 aliphatic carbocycles. The van der Waals surface area contributed by atoms with Gasteiger partial charge in [0.15, 0.2) is 0 Å². The number of fused-ring (bicyclic) bond motifs is 3. The first kappa shape index (κ1) is 14.8. The largest absolute Gasteiger partial charge is 0.480 e. The molecule has 2 bridgehead atoms. The summed E-state index contributed by atoms with van der Waals surface area (Å²) < 4.78 is 5.74. The molecule has 1 aromatic rings. The zero-order valence-corrected chi connectivity index (χ0v) is 13.1. The van der Waals surface area contributed by atoms with E-state index in [1.807, 2.05) is 4.90 Å². The molecule has 1 aromatic heterocycles. The molecule has 2 aliphatic heterocycles. The van der Waals surface area contributed by atoms with Gasteiger partial charge in [0.25, 0.3) is 0 Å². The summed E-state index contributed by atoms with van der Waals surface area (Å²) in [4.78, 5) is 24.3. The highest BCUT2D eigenvalue weighted by Gasteiger charge is 2.35. The Labute approximate surface area is 135 Å². The second kappa shape index (κ2) is 6.05. The molecular weight excluding hydrogens is 296 g/mol. The van der Waals surface area contributed by atoms with Gasteiger partial charge in [-0.15, -0.1) is 0 Å². The van der Waals surface area contributed by atoms with Crippen LogP contribution in [-0.4, -0.2) is 71.4 Å². The Balaban J connectivity index is 1.56. The molecule has 124 valence electrons. The smallest absolute Gasteiger partial charge is 0.317 e. The van der Waals surface area contributed by atoms with E-state index in [-0.39, 0.29) is 12.6 Å². The van der Waals surface area contributed by atoms with Crippen LogP contribution >= 0.6 is 0 Å². The molecule has 3 aliphatic rings. The SMILES string of the molecule is O=C(O)CN1C[C@H]2COC[C@@H]1CN(c1cc(C3CC3)ncn1)C2. The van der Waals surface area contributed by atoms with Crippen molar-refractivity contribution in [1.82, 2.24) is 14.9 Å². The Hall–Kier alpha value is -1.73. The predicted molar refractivity (Wildman–Crippen MR) is 83.5 cm³/mol. The van der Waals surface area contributed by atoms with E-state index in [0.717, 1.165) is 31.1 Å². The second-order valence-corrected chi connectivity index (χ2v) is 6.86. The van der Waals surface area contributed by atoms with Crippen LogP contribution in [0.1, 0.15) is 24.5 Å². The number of carboxylic acids is 1. The molecule has 1 N–H and O–H groups in total. The molecule has 7 heteroatoms. The van der Waals surface area contributed by atoms with Gasteiger partial charge in [0.2, 0.25) is 0 Å². The molecule has 0 radical (unpaired) electrons. The van der Waals surface area contributed by atoms with Gasteiger partial charge in [0.05, 0.1) is 25.8 Å². The van der Waals surface area contributed by atoms with Crippen molar-refractivity contribution in [3.8, 4) is 0 Å². The van der Waals surface area contributed by atoms with E-state index >= 15 is 0 Å². The van der Waals surface area contributed by atoms with Crippen molar-refractivity contribution in [1.29, 1.82) is 0 Å². The first-order valence-corrected chi connectivity index (χ1v) is 8.29. The number of ether oxygens (including phenoxy) is 1. The normalized spacial score (nSPS) is 28.4. The Morgan fingerprint density at radius 3 is 2.91 bits per heavy atom. The van der Waals surface area contributed by atoms with Gasteiger partial charge in [-0.05, 0) is 12.8 Å². The van der Waals surface area contributed by atoms with Crippen molar-refractivity contribution < 1.29 is 14.6 Å². The van der Waals surface area contributed by atoms with Crippen LogP contribution in [0.2, 0.25) is 0 Å². The third-order valence-corrected chi connectivity index (χ3v) is 4.91. The van der Waals surface area contributed by atoms with E-state index in [1.165, 1.54) is 12.8 Å². The number of aliphatic carboxylic acids is 1. The van der Waals surface area contributed by atoms with Crippen molar-refractivity contribution in [3.63, 3.8) is 0 Å². The molecule has 4 rings (SSSR count). The number of aromatic nitrogens is 2. The van der Waals surface area contributed by atoms with Crippen molar-refractivity contribution in [2.45, 2.75) is 24.8 Å². The minimum Gasteiger partial charge on any atom is -0.480 e. The van der Waals surface area contributed by atoms with E-state index in [0.29, 0.717) is 25.0 Å². The van der Waals surface area contributed by atoms with Crippen molar-refractivity contribution in [2.75, 3.05) is 44.3 Å². The lowest BCUT2D eigenvalue weighted by Crippen LogP contribution is -2.46. The molecule has 2 atom stereocenters. The summed E-state index contributed by atoms with van der Waals surface area (Å²) in [5, 5.41) is 9.15. The first-order valence-electron chi connectivity index (χ1n) is 8.29. The molecule has 0 aromatic carbocycles. The van der Waals surface area contributed by atoms with Gasteiger partial charge in [-0.1, -0.05) is 0 Å². The predicted octanol–water partition coefficient (Wildman–Crippen LogP) is 0.576. The van der Waals surface area contributed by atoms with Gasteiger partial charge >= 0.3 is 5.97 Å². The Morgan fingerprint density at radius 1 is 1.26 bits per heavy atom. The molecule has 0 amide bonds. The molecular formula is C16H22N4O3. The van der Waals surface area contributed by atoms with Crippen LogP contribution in [0, 0.1) is 5.92 Å². The van der Waals surface area contributed by atoms with Crippen LogP contribution in [0.15, 0.2) is 12.4 Å². The highest BCUT2D eigenvalue weighted by atomic mass is 16.5. The third-order valence-electron chi connectivity index (χ3n) is 4.91. The summed E-state index contributed by atoms with van der Waals surface area (Å²) in [6.45, 7) is 3.73. The second-order valence-electron chi connectivity index (χ2n) is 6.86. The summed E-state index contributed by atoms with van der Waals surface area (Å²) >= 11 is 0. The average Bonchev–Trinajstić information content (AvgIpc) is 3.34. The first-order chi connectivity index (χ1) is 11.2. The highest BCUT2D eigenvalue weighted by molar-refractivity contribution is 5.69. The Kier molecular flexibility index (Phi) is 3.90. The highest BCUT2D eigenvalue weighted by Crippen LogP contribution is 2.39. The fraction of sp³-hybridized carbons (Fsp3) is 0.688. The molecule has 3 fully saturated rings. The number of nitrogens with zero attached hydrogens (tertiary/aromatic N) is 4. The summed E-state index contributed by atoms with van der Waals surface area (Å²) in [5.41, 5.74) is 1.14. The zero-order valence-electron chi connectivity index (χ0n) is 13.1. The molecule has 7 nitrogen and oxygen atoms in total. The molecule has 23 heavy (non-hydrogen) atoms. The number of rotatable bonds is 4. The van der Waals surface area contributed by atoms with Gasteiger partial charge in [0.1, 0.15) is 12.1 Å². The maximum atomic E-state index is 11.1. The Morgan fingerprint density at radius 2 is 2.13 bits per heavy atom. The third kappa shape index (κ3) is 3.30. The summed E-state index contributed by atoms with van der Waals surface area (Å²) in [7, 11) is 0. The molecule has 3 heterocycles. The van der Waals surface area contributed by atoms with Crippen LogP contribution in [0.4, 0.5) is 5.82 Å². The van der Waals surface area contributed by atoms with Crippen molar-refractivity contribution in [3.05, 3.63) is 18.1 Å². The number of anilines is 1. The Bertz CT molecular complexity index is 592. The van der Waals surface area contributed by atoms with Gasteiger partial charge < -0.3 is 14.7 Å². The molecule has 0 spiro atoms. The van der Waals surface area contributed by atoms with E-state index in [1.54, 1.807) is 6.33 Å². The maximum Gasteiger partial charge on any atom is 0.317 e. The van der Waals surface area contributed by atoms with Crippen LogP contribution in [-0.2, 0) is 9.53 Å². The summed E-state index contributed by atoms with van der Waals surface area (Å²) in [5.74, 6) is 1.11. The standard InChI is InChI=1S/C16H22N4O3/c21-16(22)7-19-4-11-5-20(6-13(19)9-23-8-11)15-3-14(12-1-2-12)17-10-18-15/h3,10-13H,1-2,4-9H2,(H,21,22)/t11-,13+/m1/s1. The van der Waals surface area contributed by atoms with Crippen LogP contribution in [0.25, 0.3) is 0 Å². The maximum absolute atomic E-state index is 11.1. The summed E-state index contributed by atoms with van der Waals surface area (Å²) in [6.07, 6.45) is 4.11. The molecule has 2 saturated heterocycles. The van der Waals surface area contributed by atoms with E-state index in [2.05, 4.69) is 20.9 Å². The van der Waals surface area contributed by atoms with E-state index in [4.69, 9.17) is 9.84 Å². The lowest BCUT2D eigenvalue weighted by molar-refractivity contribution is -0.138. The quantitative estimate of drug-likeness (QED) is 0.869. The number of hydrogen-bond acceptors (Lipinski definition) is 6. The zero-order chi connectivity index (χ0) is 15.8. The molecule has 1 saturated carbocycles. The van der Waals surface area contributed by atoms with Gasteiger partial charge in [-0.25, -0.2) is 9.97 Å².